The number of amidine groups is 1. The summed E-state index contributed by atoms with van der Waals surface area (Å²) in [6, 6.07) is 4.39. The van der Waals surface area contributed by atoms with E-state index in [1.807, 2.05) is 0 Å². The van der Waals surface area contributed by atoms with Crippen LogP contribution in [-0.2, 0) is 0 Å². The molecule has 18 heavy (non-hydrogen) atoms. The van der Waals surface area contributed by atoms with E-state index in [2.05, 4.69) is 0 Å². The smallest absolute Gasteiger partial charge is 0.314 e. The van der Waals surface area contributed by atoms with Crippen molar-refractivity contribution in [2.45, 2.75) is 12.8 Å². The number of nitrogens with zero attached hydrogens (tertiary/aromatic N) is 1. The third-order valence-corrected chi connectivity index (χ3v) is 2.21. The van der Waals surface area contributed by atoms with Gasteiger partial charge in [0.1, 0.15) is 5.75 Å². The molecule has 0 spiro atoms. The molecule has 0 aromatic heterocycles. The van der Waals surface area contributed by atoms with E-state index >= 15 is 0 Å². The molecule has 0 aliphatic rings. The molecule has 7 nitrogen and oxygen atoms in total. The number of methoxy groups -OCH3 is 1. The SMILES string of the molecule is COc1ccc(OCCCC(=N)N)cc1[N+](=O)[O-]. The molecule has 0 radical (unpaired) electrons. The van der Waals surface area contributed by atoms with Crippen molar-refractivity contribution in [1.82, 2.24) is 0 Å². The lowest BCUT2D eigenvalue weighted by Gasteiger charge is -2.07. The van der Waals surface area contributed by atoms with Gasteiger partial charge in [-0.05, 0) is 18.6 Å². The molecule has 0 heterocycles. The van der Waals surface area contributed by atoms with Gasteiger partial charge < -0.3 is 15.2 Å². The summed E-state index contributed by atoms with van der Waals surface area (Å²) in [5.74, 6) is 0.682. The minimum absolute atomic E-state index is 0.0966. The first-order valence-electron chi connectivity index (χ1n) is 5.32. The predicted octanol–water partition coefficient (Wildman–Crippen LogP) is 1.70. The number of benzene rings is 1. The number of hydrogen-bond acceptors (Lipinski definition) is 5. The van der Waals surface area contributed by atoms with Crippen LogP contribution in [0.15, 0.2) is 18.2 Å². The van der Waals surface area contributed by atoms with Gasteiger partial charge in [-0.3, -0.25) is 15.5 Å². The zero-order valence-electron chi connectivity index (χ0n) is 10.0. The Morgan fingerprint density at radius 3 is 2.83 bits per heavy atom. The number of hydrogen-bond donors (Lipinski definition) is 2. The Balaban J connectivity index is 2.64. The largest absolute Gasteiger partial charge is 0.493 e. The standard InChI is InChI=1S/C11H15N3O4/c1-17-10-5-4-8(7-9(10)14(15)16)18-6-2-3-11(12)13/h4-5,7H,2-3,6H2,1H3,(H3,12,13). The lowest BCUT2D eigenvalue weighted by molar-refractivity contribution is -0.385. The summed E-state index contributed by atoms with van der Waals surface area (Å²) in [6.45, 7) is 0.350. The van der Waals surface area contributed by atoms with E-state index in [0.717, 1.165) is 0 Å². The summed E-state index contributed by atoms with van der Waals surface area (Å²) in [5.41, 5.74) is 5.06. The summed E-state index contributed by atoms with van der Waals surface area (Å²) in [6.07, 6.45) is 1.04. The Morgan fingerprint density at radius 1 is 1.56 bits per heavy atom. The van der Waals surface area contributed by atoms with Gasteiger partial charge in [-0.15, -0.1) is 0 Å². The Kier molecular flexibility index (Phi) is 4.91. The van der Waals surface area contributed by atoms with Crippen LogP contribution < -0.4 is 15.2 Å². The zero-order chi connectivity index (χ0) is 13.5. The van der Waals surface area contributed by atoms with E-state index in [1.165, 1.54) is 19.2 Å². The molecule has 7 heteroatoms. The van der Waals surface area contributed by atoms with E-state index in [1.54, 1.807) is 6.07 Å². The molecule has 1 aromatic carbocycles. The summed E-state index contributed by atoms with van der Waals surface area (Å²) < 4.78 is 10.2. The van der Waals surface area contributed by atoms with E-state index in [0.29, 0.717) is 25.2 Å². The molecular weight excluding hydrogens is 238 g/mol. The van der Waals surface area contributed by atoms with Gasteiger partial charge in [0.15, 0.2) is 5.75 Å². The molecule has 0 bridgehead atoms. The molecule has 0 amide bonds. The molecule has 3 N–H and O–H groups in total. The van der Waals surface area contributed by atoms with Crippen LogP contribution in [0.3, 0.4) is 0 Å². The predicted molar refractivity (Wildman–Crippen MR) is 66.3 cm³/mol. The Labute approximate surface area is 104 Å². The fourth-order valence-electron chi connectivity index (χ4n) is 1.35. The highest BCUT2D eigenvalue weighted by Gasteiger charge is 2.15. The van der Waals surface area contributed by atoms with E-state index < -0.39 is 4.92 Å². The monoisotopic (exact) mass is 253 g/mol. The molecule has 0 aliphatic heterocycles. The van der Waals surface area contributed by atoms with Gasteiger partial charge in [-0.1, -0.05) is 0 Å². The number of nitrogens with one attached hydrogen (secondary N) is 1. The number of ether oxygens (including phenoxy) is 2. The highest BCUT2D eigenvalue weighted by molar-refractivity contribution is 5.76. The quantitative estimate of drug-likeness (QED) is 0.252. The normalized spacial score (nSPS) is 9.83. The van der Waals surface area contributed by atoms with Crippen molar-refractivity contribution in [2.75, 3.05) is 13.7 Å². The van der Waals surface area contributed by atoms with Crippen LogP contribution >= 0.6 is 0 Å². The summed E-state index contributed by atoms with van der Waals surface area (Å²) in [5, 5.41) is 17.8. The maximum atomic E-state index is 10.8. The minimum Gasteiger partial charge on any atom is -0.493 e. The van der Waals surface area contributed by atoms with Gasteiger partial charge >= 0.3 is 5.69 Å². The third-order valence-electron chi connectivity index (χ3n) is 2.21. The van der Waals surface area contributed by atoms with Crippen LogP contribution in [0.4, 0.5) is 5.69 Å². The summed E-state index contributed by atoms with van der Waals surface area (Å²) in [4.78, 5) is 10.3. The Morgan fingerprint density at radius 2 is 2.28 bits per heavy atom. The first kappa shape index (κ1) is 13.8. The molecular formula is C11H15N3O4. The average Bonchev–Trinajstić information content (AvgIpc) is 2.34. The number of nitro benzene ring substituents is 1. The molecule has 0 unspecified atom stereocenters. The molecule has 0 atom stereocenters. The summed E-state index contributed by atoms with van der Waals surface area (Å²) in [7, 11) is 1.37. The van der Waals surface area contributed by atoms with Crippen molar-refractivity contribution in [3.05, 3.63) is 28.3 Å². The van der Waals surface area contributed by atoms with Crippen molar-refractivity contribution in [3.63, 3.8) is 0 Å². The van der Waals surface area contributed by atoms with E-state index in [9.17, 15) is 10.1 Å². The van der Waals surface area contributed by atoms with Crippen LogP contribution in [0.5, 0.6) is 11.5 Å². The Bertz CT molecular complexity index is 448. The average molecular weight is 253 g/mol. The van der Waals surface area contributed by atoms with Crippen LogP contribution in [-0.4, -0.2) is 24.5 Å². The van der Waals surface area contributed by atoms with Gasteiger partial charge in [-0.25, -0.2) is 0 Å². The second kappa shape index (κ2) is 6.43. The molecule has 98 valence electrons. The van der Waals surface area contributed by atoms with Crippen LogP contribution in [0.25, 0.3) is 0 Å². The Hall–Kier alpha value is -2.31. The van der Waals surface area contributed by atoms with Crippen molar-refractivity contribution < 1.29 is 14.4 Å². The second-order valence-corrected chi connectivity index (χ2v) is 3.57. The van der Waals surface area contributed by atoms with Crippen molar-refractivity contribution in [3.8, 4) is 11.5 Å². The molecule has 1 aromatic rings. The lowest BCUT2D eigenvalue weighted by Crippen LogP contribution is -2.11. The minimum atomic E-state index is -0.527. The lowest BCUT2D eigenvalue weighted by atomic mass is 10.2. The third kappa shape index (κ3) is 3.93. The van der Waals surface area contributed by atoms with Crippen molar-refractivity contribution in [1.29, 1.82) is 5.41 Å². The van der Waals surface area contributed by atoms with Crippen molar-refractivity contribution >= 4 is 11.5 Å². The van der Waals surface area contributed by atoms with Gasteiger partial charge in [0.25, 0.3) is 0 Å². The number of nitro groups is 1. The van der Waals surface area contributed by atoms with Crippen molar-refractivity contribution in [2.24, 2.45) is 5.73 Å². The van der Waals surface area contributed by atoms with E-state index in [4.69, 9.17) is 20.6 Å². The first-order valence-corrected chi connectivity index (χ1v) is 5.32. The number of nitrogens with two attached hydrogens (primary N) is 1. The maximum absolute atomic E-state index is 10.8. The maximum Gasteiger partial charge on any atom is 0.314 e. The van der Waals surface area contributed by atoms with Crippen LogP contribution in [0.1, 0.15) is 12.8 Å². The molecule has 0 aliphatic carbocycles. The van der Waals surface area contributed by atoms with Crippen LogP contribution in [0.2, 0.25) is 0 Å². The molecule has 1 rings (SSSR count). The second-order valence-electron chi connectivity index (χ2n) is 3.57. The van der Waals surface area contributed by atoms with Crippen LogP contribution in [0, 0.1) is 15.5 Å². The molecule has 0 saturated heterocycles. The van der Waals surface area contributed by atoms with Gasteiger partial charge in [0.2, 0.25) is 0 Å². The molecule has 0 fully saturated rings. The number of rotatable bonds is 7. The fourth-order valence-corrected chi connectivity index (χ4v) is 1.35. The highest BCUT2D eigenvalue weighted by atomic mass is 16.6. The van der Waals surface area contributed by atoms with Gasteiger partial charge in [-0.2, -0.15) is 0 Å². The van der Waals surface area contributed by atoms with Gasteiger partial charge in [0, 0.05) is 6.42 Å². The molecule has 0 saturated carbocycles. The highest BCUT2D eigenvalue weighted by Crippen LogP contribution is 2.30. The zero-order valence-corrected chi connectivity index (χ0v) is 10.0. The summed E-state index contributed by atoms with van der Waals surface area (Å²) >= 11 is 0. The van der Waals surface area contributed by atoms with Gasteiger partial charge in [0.05, 0.1) is 30.5 Å². The van der Waals surface area contributed by atoms with E-state index in [-0.39, 0.29) is 17.3 Å². The fraction of sp³-hybridized carbons (Fsp3) is 0.364. The first-order chi connectivity index (χ1) is 8.54. The topological polar surface area (TPSA) is 111 Å².